The summed E-state index contributed by atoms with van der Waals surface area (Å²) in [6.45, 7) is 4.32. The van der Waals surface area contributed by atoms with Gasteiger partial charge in [-0.1, -0.05) is 24.3 Å². The number of methoxy groups -OCH3 is 1. The monoisotopic (exact) mass is 463 g/mol. The SMILES string of the molecule is CCOc1ccc(C2C(C(=O)Nc3ccccc3)=C(C)Nc3nc(CCCO)nn32)cc1OC. The number of allylic oxidation sites excluding steroid dienone is 1. The zero-order valence-electron chi connectivity index (χ0n) is 19.5. The summed E-state index contributed by atoms with van der Waals surface area (Å²) in [6.07, 6.45) is 1.08. The number of amides is 1. The van der Waals surface area contributed by atoms with E-state index in [0.29, 0.717) is 59.7 Å². The number of aliphatic hydroxyl groups excluding tert-OH is 1. The number of aryl methyl sites for hydroxylation is 1. The molecule has 9 heteroatoms. The summed E-state index contributed by atoms with van der Waals surface area (Å²) < 4.78 is 13.0. The van der Waals surface area contributed by atoms with Gasteiger partial charge in [-0.25, -0.2) is 4.68 Å². The van der Waals surface area contributed by atoms with Crippen LogP contribution >= 0.6 is 0 Å². The van der Waals surface area contributed by atoms with Gasteiger partial charge in [0.15, 0.2) is 17.3 Å². The molecule has 34 heavy (non-hydrogen) atoms. The topological polar surface area (TPSA) is 111 Å². The highest BCUT2D eigenvalue weighted by Crippen LogP contribution is 2.39. The maximum Gasteiger partial charge on any atom is 0.255 e. The van der Waals surface area contributed by atoms with Crippen molar-refractivity contribution in [3.05, 3.63) is 71.2 Å². The van der Waals surface area contributed by atoms with E-state index in [1.807, 2.05) is 62.4 Å². The van der Waals surface area contributed by atoms with Crippen molar-refractivity contribution in [2.24, 2.45) is 0 Å². The molecule has 0 fully saturated rings. The molecule has 1 atom stereocenters. The average molecular weight is 464 g/mol. The highest BCUT2D eigenvalue weighted by atomic mass is 16.5. The molecule has 9 nitrogen and oxygen atoms in total. The maximum atomic E-state index is 13.5. The van der Waals surface area contributed by atoms with E-state index < -0.39 is 6.04 Å². The fraction of sp³-hybridized carbons (Fsp3) is 0.320. The Labute approximate surface area is 198 Å². The zero-order chi connectivity index (χ0) is 24.1. The Morgan fingerprint density at radius 1 is 1.21 bits per heavy atom. The smallest absolute Gasteiger partial charge is 0.255 e. The second kappa shape index (κ2) is 10.4. The van der Waals surface area contributed by atoms with Gasteiger partial charge >= 0.3 is 0 Å². The van der Waals surface area contributed by atoms with E-state index >= 15 is 0 Å². The van der Waals surface area contributed by atoms with Crippen molar-refractivity contribution in [1.29, 1.82) is 0 Å². The van der Waals surface area contributed by atoms with E-state index in [1.54, 1.807) is 11.8 Å². The molecule has 0 bridgehead atoms. The second-order valence-electron chi connectivity index (χ2n) is 7.85. The first kappa shape index (κ1) is 23.3. The molecule has 0 radical (unpaired) electrons. The van der Waals surface area contributed by atoms with Gasteiger partial charge in [0.25, 0.3) is 5.91 Å². The Hall–Kier alpha value is -3.85. The van der Waals surface area contributed by atoms with Gasteiger partial charge in [0.1, 0.15) is 6.04 Å². The Bertz CT molecular complexity index is 1190. The standard InChI is InChI=1S/C25H29N5O4/c1-4-34-19-13-12-17(15-20(19)33-3)23-22(24(32)27-18-9-6-5-7-10-18)16(2)26-25-28-21(11-8-14-31)29-30(23)25/h5-7,9-10,12-13,15,23,31H,4,8,11,14H2,1-3H3,(H,27,32)(H,26,28,29). The molecule has 1 aliphatic heterocycles. The van der Waals surface area contributed by atoms with E-state index in [4.69, 9.17) is 9.47 Å². The van der Waals surface area contributed by atoms with Crippen LogP contribution in [0, 0.1) is 0 Å². The lowest BCUT2D eigenvalue weighted by Crippen LogP contribution is -2.31. The molecule has 1 aromatic heterocycles. The van der Waals surface area contributed by atoms with Crippen LogP contribution in [-0.2, 0) is 11.2 Å². The summed E-state index contributed by atoms with van der Waals surface area (Å²) in [7, 11) is 1.59. The molecule has 2 aromatic carbocycles. The minimum atomic E-state index is -0.542. The number of carbonyl (C=O) groups excluding carboxylic acids is 1. The molecule has 2 heterocycles. The summed E-state index contributed by atoms with van der Waals surface area (Å²) in [5.41, 5.74) is 2.70. The van der Waals surface area contributed by atoms with Gasteiger partial charge in [0.05, 0.1) is 19.3 Å². The zero-order valence-corrected chi connectivity index (χ0v) is 19.5. The molecule has 1 unspecified atom stereocenters. The lowest BCUT2D eigenvalue weighted by molar-refractivity contribution is -0.113. The van der Waals surface area contributed by atoms with E-state index in [0.717, 1.165) is 5.56 Å². The lowest BCUT2D eigenvalue weighted by atomic mass is 9.94. The van der Waals surface area contributed by atoms with Gasteiger partial charge in [-0.2, -0.15) is 10.1 Å². The van der Waals surface area contributed by atoms with E-state index in [-0.39, 0.29) is 12.5 Å². The summed E-state index contributed by atoms with van der Waals surface area (Å²) in [5, 5.41) is 20.1. The van der Waals surface area contributed by atoms with Crippen LogP contribution in [0.5, 0.6) is 11.5 Å². The largest absolute Gasteiger partial charge is 0.493 e. The number of nitrogens with one attached hydrogen (secondary N) is 2. The number of fused-ring (bicyclic) bond motifs is 1. The molecule has 3 aromatic rings. The number of nitrogens with zero attached hydrogens (tertiary/aromatic N) is 3. The van der Waals surface area contributed by atoms with Crippen molar-refractivity contribution in [2.75, 3.05) is 31.0 Å². The van der Waals surface area contributed by atoms with Gasteiger partial charge in [-0.05, 0) is 50.1 Å². The normalized spacial score (nSPS) is 14.9. The van der Waals surface area contributed by atoms with Crippen molar-refractivity contribution < 1.29 is 19.4 Å². The fourth-order valence-corrected chi connectivity index (χ4v) is 3.99. The van der Waals surface area contributed by atoms with Crippen molar-refractivity contribution in [1.82, 2.24) is 14.8 Å². The first-order valence-corrected chi connectivity index (χ1v) is 11.3. The van der Waals surface area contributed by atoms with E-state index in [2.05, 4.69) is 20.7 Å². The highest BCUT2D eigenvalue weighted by molar-refractivity contribution is 6.06. The number of hydrogen-bond donors (Lipinski definition) is 3. The molecule has 0 aliphatic carbocycles. The van der Waals surface area contributed by atoms with Crippen molar-refractivity contribution in [3.63, 3.8) is 0 Å². The molecule has 0 spiro atoms. The first-order valence-electron chi connectivity index (χ1n) is 11.3. The van der Waals surface area contributed by atoms with Crippen LogP contribution in [0.2, 0.25) is 0 Å². The molecule has 1 amide bonds. The summed E-state index contributed by atoms with van der Waals surface area (Å²) in [4.78, 5) is 18.1. The molecule has 0 saturated carbocycles. The predicted molar refractivity (Wildman–Crippen MR) is 129 cm³/mol. The molecular weight excluding hydrogens is 434 g/mol. The van der Waals surface area contributed by atoms with Crippen molar-refractivity contribution in [2.45, 2.75) is 32.7 Å². The first-order chi connectivity index (χ1) is 16.5. The summed E-state index contributed by atoms with van der Waals surface area (Å²) in [5.74, 6) is 2.09. The van der Waals surface area contributed by atoms with Gasteiger partial charge in [0.2, 0.25) is 5.95 Å². The number of benzene rings is 2. The summed E-state index contributed by atoms with van der Waals surface area (Å²) in [6, 6.07) is 14.4. The van der Waals surface area contributed by atoms with Gasteiger partial charge in [-0.3, -0.25) is 4.79 Å². The quantitative estimate of drug-likeness (QED) is 0.445. The van der Waals surface area contributed by atoms with Crippen molar-refractivity contribution >= 4 is 17.5 Å². The number of carbonyl (C=O) groups is 1. The molecule has 178 valence electrons. The number of hydrogen-bond acceptors (Lipinski definition) is 7. The minimum absolute atomic E-state index is 0.0544. The van der Waals surface area contributed by atoms with Crippen LogP contribution in [0.1, 0.15) is 37.7 Å². The predicted octanol–water partition coefficient (Wildman–Crippen LogP) is 3.54. The van der Waals surface area contributed by atoms with Gasteiger partial charge in [0, 0.05) is 24.4 Å². The number of rotatable bonds is 9. The fourth-order valence-electron chi connectivity index (χ4n) is 3.99. The van der Waals surface area contributed by atoms with Crippen LogP contribution < -0.4 is 20.1 Å². The Kier molecular flexibility index (Phi) is 7.12. The van der Waals surface area contributed by atoms with Crippen LogP contribution in [0.25, 0.3) is 0 Å². The number of anilines is 2. The second-order valence-corrected chi connectivity index (χ2v) is 7.85. The van der Waals surface area contributed by atoms with Gasteiger partial charge in [-0.15, -0.1) is 0 Å². The Morgan fingerprint density at radius 3 is 2.71 bits per heavy atom. The van der Waals surface area contributed by atoms with E-state index in [9.17, 15) is 9.90 Å². The third-order valence-corrected chi connectivity index (χ3v) is 5.53. The molecule has 4 rings (SSSR count). The third-order valence-electron chi connectivity index (χ3n) is 5.53. The molecule has 1 aliphatic rings. The van der Waals surface area contributed by atoms with Crippen LogP contribution in [0.4, 0.5) is 11.6 Å². The number of aliphatic hydroxyl groups is 1. The van der Waals surface area contributed by atoms with Crippen molar-refractivity contribution in [3.8, 4) is 11.5 Å². The van der Waals surface area contributed by atoms with Gasteiger partial charge < -0.3 is 25.2 Å². The van der Waals surface area contributed by atoms with Crippen LogP contribution in [0.3, 0.4) is 0 Å². The van der Waals surface area contributed by atoms with Crippen LogP contribution in [-0.4, -0.2) is 46.1 Å². The number of ether oxygens (including phenoxy) is 2. The molecule has 0 saturated heterocycles. The lowest BCUT2D eigenvalue weighted by Gasteiger charge is -2.29. The Balaban J connectivity index is 1.79. The highest BCUT2D eigenvalue weighted by Gasteiger charge is 2.34. The van der Waals surface area contributed by atoms with Crippen LogP contribution in [0.15, 0.2) is 59.8 Å². The minimum Gasteiger partial charge on any atom is -0.493 e. The molecular formula is C25H29N5O4. The maximum absolute atomic E-state index is 13.5. The number of para-hydroxylation sites is 1. The average Bonchev–Trinajstić information content (AvgIpc) is 3.25. The number of aromatic nitrogens is 3. The van der Waals surface area contributed by atoms with E-state index in [1.165, 1.54) is 0 Å². The Morgan fingerprint density at radius 2 is 2.00 bits per heavy atom. The third kappa shape index (κ3) is 4.74. The summed E-state index contributed by atoms with van der Waals surface area (Å²) >= 11 is 0. The molecule has 3 N–H and O–H groups in total.